The van der Waals surface area contributed by atoms with E-state index in [1.807, 2.05) is 12.1 Å². The predicted molar refractivity (Wildman–Crippen MR) is 84.7 cm³/mol. The molecule has 0 saturated carbocycles. The van der Waals surface area contributed by atoms with Gasteiger partial charge >= 0.3 is 0 Å². The van der Waals surface area contributed by atoms with Crippen molar-refractivity contribution >= 4 is 11.6 Å². The van der Waals surface area contributed by atoms with Gasteiger partial charge in [-0.3, -0.25) is 4.90 Å². The number of halogens is 2. The van der Waals surface area contributed by atoms with Gasteiger partial charge in [0, 0.05) is 25.1 Å². The number of benzene rings is 1. The molecule has 0 unspecified atom stereocenters. The van der Waals surface area contributed by atoms with E-state index < -0.39 is 5.82 Å². The highest BCUT2D eigenvalue weighted by Gasteiger charge is 2.11. The van der Waals surface area contributed by atoms with Crippen molar-refractivity contribution < 1.29 is 13.5 Å². The van der Waals surface area contributed by atoms with Crippen molar-refractivity contribution in [3.8, 4) is 11.3 Å². The minimum atomic E-state index is -0.414. The molecule has 22 heavy (non-hydrogen) atoms. The lowest BCUT2D eigenvalue weighted by Gasteiger charge is -2.26. The molecule has 2 aromatic rings. The molecule has 0 radical (unpaired) electrons. The Morgan fingerprint density at radius 2 is 1.95 bits per heavy atom. The van der Waals surface area contributed by atoms with E-state index in [1.54, 1.807) is 12.1 Å². The Labute approximate surface area is 134 Å². The summed E-state index contributed by atoms with van der Waals surface area (Å²) >= 11 is 5.81. The molecule has 1 saturated heterocycles. The molecule has 3 rings (SSSR count). The van der Waals surface area contributed by atoms with Crippen LogP contribution in [0.3, 0.4) is 0 Å². The lowest BCUT2D eigenvalue weighted by molar-refractivity contribution is 0.0373. The number of morpholine rings is 1. The van der Waals surface area contributed by atoms with Gasteiger partial charge in [0.05, 0.1) is 18.2 Å². The van der Waals surface area contributed by atoms with Crippen LogP contribution in [0.1, 0.15) is 12.2 Å². The average molecular weight is 324 g/mol. The van der Waals surface area contributed by atoms with Crippen LogP contribution in [0.15, 0.2) is 34.7 Å². The van der Waals surface area contributed by atoms with E-state index in [0.717, 1.165) is 62.8 Å². The molecule has 0 aliphatic carbocycles. The second-order valence-corrected chi connectivity index (χ2v) is 5.86. The molecule has 0 amide bonds. The first-order chi connectivity index (χ1) is 10.7. The second kappa shape index (κ2) is 7.27. The fourth-order valence-electron chi connectivity index (χ4n) is 2.62. The third-order valence-corrected chi connectivity index (χ3v) is 4.16. The Kier molecular flexibility index (Phi) is 5.13. The predicted octanol–water partition coefficient (Wildman–Crippen LogP) is 4.00. The molecule has 5 heteroatoms. The van der Waals surface area contributed by atoms with Crippen LogP contribution in [0.4, 0.5) is 4.39 Å². The van der Waals surface area contributed by atoms with Crippen LogP contribution >= 0.6 is 11.6 Å². The van der Waals surface area contributed by atoms with Gasteiger partial charge < -0.3 is 9.15 Å². The molecule has 1 aromatic heterocycles. The van der Waals surface area contributed by atoms with Crippen molar-refractivity contribution in [3.05, 3.63) is 46.9 Å². The molecule has 0 N–H and O–H groups in total. The third kappa shape index (κ3) is 3.88. The molecule has 1 aliphatic heterocycles. The van der Waals surface area contributed by atoms with Gasteiger partial charge in [0.15, 0.2) is 0 Å². The summed E-state index contributed by atoms with van der Waals surface area (Å²) in [5.74, 6) is 1.26. The van der Waals surface area contributed by atoms with Crippen LogP contribution in [0.5, 0.6) is 0 Å². The quantitative estimate of drug-likeness (QED) is 0.831. The molecular formula is C17H19ClFNO2. The summed E-state index contributed by atoms with van der Waals surface area (Å²) < 4.78 is 24.4. The first-order valence-electron chi connectivity index (χ1n) is 7.56. The summed E-state index contributed by atoms with van der Waals surface area (Å²) in [5.41, 5.74) is 0.797. The largest absolute Gasteiger partial charge is 0.461 e. The number of hydrogen-bond donors (Lipinski definition) is 0. The second-order valence-electron chi connectivity index (χ2n) is 5.45. The molecule has 118 valence electrons. The van der Waals surface area contributed by atoms with Gasteiger partial charge in [-0.1, -0.05) is 11.6 Å². The summed E-state index contributed by atoms with van der Waals surface area (Å²) in [5, 5.41) is 0.114. The summed E-state index contributed by atoms with van der Waals surface area (Å²) in [7, 11) is 0. The molecule has 1 aliphatic rings. The zero-order valence-electron chi connectivity index (χ0n) is 12.4. The van der Waals surface area contributed by atoms with Crippen molar-refractivity contribution in [2.45, 2.75) is 12.8 Å². The van der Waals surface area contributed by atoms with Crippen LogP contribution in [0, 0.1) is 5.82 Å². The van der Waals surface area contributed by atoms with E-state index >= 15 is 0 Å². The van der Waals surface area contributed by atoms with Gasteiger partial charge in [0.1, 0.15) is 17.3 Å². The van der Waals surface area contributed by atoms with Gasteiger partial charge in [-0.15, -0.1) is 0 Å². The number of ether oxygens (including phenoxy) is 1. The smallest absolute Gasteiger partial charge is 0.141 e. The van der Waals surface area contributed by atoms with Crippen molar-refractivity contribution in [1.29, 1.82) is 0 Å². The number of rotatable bonds is 5. The SMILES string of the molecule is Fc1ccc(-c2ccc(CCCN3CCOCC3)o2)cc1Cl. The number of nitrogens with zero attached hydrogens (tertiary/aromatic N) is 1. The summed E-state index contributed by atoms with van der Waals surface area (Å²) in [6.07, 6.45) is 1.95. The highest BCUT2D eigenvalue weighted by Crippen LogP contribution is 2.27. The topological polar surface area (TPSA) is 25.6 Å². The average Bonchev–Trinajstić information content (AvgIpc) is 3.00. The van der Waals surface area contributed by atoms with Crippen LogP contribution in [-0.2, 0) is 11.2 Å². The highest BCUT2D eigenvalue weighted by atomic mass is 35.5. The van der Waals surface area contributed by atoms with Gasteiger partial charge in [-0.05, 0) is 43.3 Å². The molecule has 1 aromatic carbocycles. The highest BCUT2D eigenvalue weighted by molar-refractivity contribution is 6.31. The lowest BCUT2D eigenvalue weighted by Crippen LogP contribution is -2.36. The molecule has 0 spiro atoms. The maximum absolute atomic E-state index is 13.2. The Bertz CT molecular complexity index is 623. The first-order valence-corrected chi connectivity index (χ1v) is 7.94. The van der Waals surface area contributed by atoms with Crippen molar-refractivity contribution in [3.63, 3.8) is 0 Å². The van der Waals surface area contributed by atoms with Gasteiger partial charge in [0.25, 0.3) is 0 Å². The molecule has 0 bridgehead atoms. The van der Waals surface area contributed by atoms with Crippen LogP contribution in [0.25, 0.3) is 11.3 Å². The monoisotopic (exact) mass is 323 g/mol. The summed E-state index contributed by atoms with van der Waals surface area (Å²) in [6, 6.07) is 8.52. The van der Waals surface area contributed by atoms with Crippen LogP contribution < -0.4 is 0 Å². The molecule has 3 nitrogen and oxygen atoms in total. The normalized spacial score (nSPS) is 16.1. The zero-order valence-corrected chi connectivity index (χ0v) is 13.1. The van der Waals surface area contributed by atoms with E-state index in [-0.39, 0.29) is 5.02 Å². The van der Waals surface area contributed by atoms with Crippen molar-refractivity contribution in [2.24, 2.45) is 0 Å². The number of furan rings is 1. The van der Waals surface area contributed by atoms with E-state index in [1.165, 1.54) is 6.07 Å². The molecular weight excluding hydrogens is 305 g/mol. The number of aryl methyl sites for hydroxylation is 1. The fourth-order valence-corrected chi connectivity index (χ4v) is 2.80. The number of hydrogen-bond acceptors (Lipinski definition) is 3. The van der Waals surface area contributed by atoms with E-state index in [0.29, 0.717) is 0 Å². The van der Waals surface area contributed by atoms with E-state index in [4.69, 9.17) is 20.8 Å². The van der Waals surface area contributed by atoms with Crippen molar-refractivity contribution in [1.82, 2.24) is 4.90 Å². The first kappa shape index (κ1) is 15.5. The summed E-state index contributed by atoms with van der Waals surface area (Å²) in [4.78, 5) is 2.41. The van der Waals surface area contributed by atoms with Gasteiger partial charge in [0.2, 0.25) is 0 Å². The zero-order chi connectivity index (χ0) is 15.4. The van der Waals surface area contributed by atoms with Gasteiger partial charge in [-0.2, -0.15) is 0 Å². The minimum Gasteiger partial charge on any atom is -0.461 e. The van der Waals surface area contributed by atoms with Gasteiger partial charge in [-0.25, -0.2) is 4.39 Å². The Morgan fingerprint density at radius 3 is 2.73 bits per heavy atom. The molecule has 0 atom stereocenters. The summed E-state index contributed by atoms with van der Waals surface area (Å²) in [6.45, 7) is 4.74. The maximum Gasteiger partial charge on any atom is 0.141 e. The third-order valence-electron chi connectivity index (χ3n) is 3.87. The van der Waals surface area contributed by atoms with E-state index in [2.05, 4.69) is 4.90 Å². The van der Waals surface area contributed by atoms with Crippen molar-refractivity contribution in [2.75, 3.05) is 32.8 Å². The lowest BCUT2D eigenvalue weighted by atomic mass is 10.2. The fraction of sp³-hybridized carbons (Fsp3) is 0.412. The standard InChI is InChI=1S/C17H19ClFNO2/c18-15-12-13(3-5-16(15)19)17-6-4-14(22-17)2-1-7-20-8-10-21-11-9-20/h3-6,12H,1-2,7-11H2. The molecule has 2 heterocycles. The maximum atomic E-state index is 13.2. The Balaban J connectivity index is 1.55. The van der Waals surface area contributed by atoms with Crippen LogP contribution in [-0.4, -0.2) is 37.7 Å². The van der Waals surface area contributed by atoms with Crippen LogP contribution in [0.2, 0.25) is 5.02 Å². The Morgan fingerprint density at radius 1 is 1.14 bits per heavy atom. The Hall–Kier alpha value is -1.36. The molecule has 1 fully saturated rings. The van der Waals surface area contributed by atoms with E-state index in [9.17, 15) is 4.39 Å². The minimum absolute atomic E-state index is 0.114.